The lowest BCUT2D eigenvalue weighted by molar-refractivity contribution is 0.0600. The highest BCUT2D eigenvalue weighted by atomic mass is 16.5. The molecule has 3 heteroatoms. The summed E-state index contributed by atoms with van der Waals surface area (Å²) < 4.78 is 10.3. The molecule has 0 radical (unpaired) electrons. The number of hydrogen-bond acceptors (Lipinski definition) is 3. The highest BCUT2D eigenvalue weighted by molar-refractivity contribution is 5.89. The molecule has 0 saturated carbocycles. The average molecular weight is 296 g/mol. The van der Waals surface area contributed by atoms with Gasteiger partial charge in [-0.3, -0.25) is 0 Å². The predicted molar refractivity (Wildman–Crippen MR) is 87.5 cm³/mol. The van der Waals surface area contributed by atoms with Crippen molar-refractivity contribution >= 4 is 12.0 Å². The number of ether oxygens (including phenoxy) is 2. The molecule has 0 fully saturated rings. The maximum absolute atomic E-state index is 11.3. The summed E-state index contributed by atoms with van der Waals surface area (Å²) in [5.74, 6) is -0.315. The second-order valence-corrected chi connectivity index (χ2v) is 4.84. The SMILES string of the molecule is COC(=O)c1ccc(C=CCCOCc2ccccc2)cc1. The summed E-state index contributed by atoms with van der Waals surface area (Å²) in [6.07, 6.45) is 4.94. The normalized spacial score (nSPS) is 10.8. The minimum absolute atomic E-state index is 0.315. The Labute approximate surface area is 131 Å². The highest BCUT2D eigenvalue weighted by Gasteiger charge is 2.02. The fourth-order valence-corrected chi connectivity index (χ4v) is 1.98. The minimum atomic E-state index is -0.315. The second-order valence-electron chi connectivity index (χ2n) is 4.84. The summed E-state index contributed by atoms with van der Waals surface area (Å²) in [7, 11) is 1.38. The molecule has 0 saturated heterocycles. The van der Waals surface area contributed by atoms with Gasteiger partial charge in [0, 0.05) is 0 Å². The molecule has 0 spiro atoms. The van der Waals surface area contributed by atoms with E-state index in [0.717, 1.165) is 12.0 Å². The smallest absolute Gasteiger partial charge is 0.337 e. The first-order valence-electron chi connectivity index (χ1n) is 7.26. The van der Waals surface area contributed by atoms with Gasteiger partial charge >= 0.3 is 5.97 Å². The van der Waals surface area contributed by atoms with E-state index in [2.05, 4.69) is 22.9 Å². The fraction of sp³-hybridized carbons (Fsp3) is 0.211. The van der Waals surface area contributed by atoms with Crippen LogP contribution in [0.2, 0.25) is 0 Å². The number of hydrogen-bond donors (Lipinski definition) is 0. The maximum atomic E-state index is 11.3. The van der Waals surface area contributed by atoms with Crippen molar-refractivity contribution in [1.29, 1.82) is 0 Å². The zero-order valence-corrected chi connectivity index (χ0v) is 12.7. The van der Waals surface area contributed by atoms with Gasteiger partial charge in [-0.25, -0.2) is 4.79 Å². The molecule has 0 bridgehead atoms. The minimum Gasteiger partial charge on any atom is -0.465 e. The van der Waals surface area contributed by atoms with Crippen LogP contribution in [0.4, 0.5) is 0 Å². The molecule has 0 aliphatic heterocycles. The summed E-state index contributed by atoms with van der Waals surface area (Å²) in [6, 6.07) is 17.4. The van der Waals surface area contributed by atoms with E-state index >= 15 is 0 Å². The van der Waals surface area contributed by atoms with Crippen LogP contribution in [0.25, 0.3) is 6.08 Å². The van der Waals surface area contributed by atoms with Crippen LogP contribution in [-0.2, 0) is 16.1 Å². The van der Waals surface area contributed by atoms with Gasteiger partial charge in [0.1, 0.15) is 0 Å². The Morgan fingerprint density at radius 2 is 1.77 bits per heavy atom. The van der Waals surface area contributed by atoms with E-state index < -0.39 is 0 Å². The monoisotopic (exact) mass is 296 g/mol. The third kappa shape index (κ3) is 5.19. The highest BCUT2D eigenvalue weighted by Crippen LogP contribution is 2.08. The predicted octanol–water partition coefficient (Wildman–Crippen LogP) is 4.09. The van der Waals surface area contributed by atoms with E-state index in [4.69, 9.17) is 4.74 Å². The van der Waals surface area contributed by atoms with E-state index in [9.17, 15) is 4.79 Å². The lowest BCUT2D eigenvalue weighted by atomic mass is 10.1. The summed E-state index contributed by atoms with van der Waals surface area (Å²) in [6.45, 7) is 1.33. The summed E-state index contributed by atoms with van der Waals surface area (Å²) >= 11 is 0. The summed E-state index contributed by atoms with van der Waals surface area (Å²) in [4.78, 5) is 11.3. The number of carbonyl (C=O) groups is 1. The first-order valence-corrected chi connectivity index (χ1v) is 7.26. The Morgan fingerprint density at radius 1 is 1.05 bits per heavy atom. The quantitative estimate of drug-likeness (QED) is 0.570. The van der Waals surface area contributed by atoms with E-state index in [1.165, 1.54) is 12.7 Å². The van der Waals surface area contributed by atoms with E-state index in [1.807, 2.05) is 36.4 Å². The standard InChI is InChI=1S/C19H20O3/c1-21-19(20)18-12-10-16(11-13-18)7-5-6-14-22-15-17-8-3-2-4-9-17/h2-5,7-13H,6,14-15H2,1H3. The van der Waals surface area contributed by atoms with Crippen LogP contribution in [0.1, 0.15) is 27.9 Å². The van der Waals surface area contributed by atoms with Crippen molar-refractivity contribution in [3.63, 3.8) is 0 Å². The first-order chi connectivity index (χ1) is 10.8. The Balaban J connectivity index is 1.70. The van der Waals surface area contributed by atoms with Gasteiger partial charge < -0.3 is 9.47 Å². The van der Waals surface area contributed by atoms with Crippen molar-refractivity contribution in [2.45, 2.75) is 13.0 Å². The zero-order chi connectivity index (χ0) is 15.6. The molecule has 3 nitrogen and oxygen atoms in total. The van der Waals surface area contributed by atoms with Crippen LogP contribution in [-0.4, -0.2) is 19.7 Å². The maximum Gasteiger partial charge on any atom is 0.337 e. The van der Waals surface area contributed by atoms with Crippen molar-refractivity contribution in [3.05, 3.63) is 77.4 Å². The molecule has 0 aliphatic carbocycles. The Morgan fingerprint density at radius 3 is 2.45 bits per heavy atom. The Kier molecular flexibility index (Phi) is 6.39. The van der Waals surface area contributed by atoms with Gasteiger partial charge in [0.2, 0.25) is 0 Å². The molecule has 2 aromatic rings. The van der Waals surface area contributed by atoms with E-state index in [-0.39, 0.29) is 5.97 Å². The molecule has 0 aliphatic rings. The van der Waals surface area contributed by atoms with Crippen LogP contribution in [0.15, 0.2) is 60.7 Å². The number of carbonyl (C=O) groups excluding carboxylic acids is 1. The van der Waals surface area contributed by atoms with Crippen molar-refractivity contribution in [1.82, 2.24) is 0 Å². The molecule has 0 aromatic heterocycles. The molecule has 114 valence electrons. The van der Waals surface area contributed by atoms with Crippen LogP contribution in [0.5, 0.6) is 0 Å². The molecule has 22 heavy (non-hydrogen) atoms. The fourth-order valence-electron chi connectivity index (χ4n) is 1.98. The molecule has 0 unspecified atom stereocenters. The van der Waals surface area contributed by atoms with Gasteiger partial charge in [-0.1, -0.05) is 54.6 Å². The van der Waals surface area contributed by atoms with E-state index in [0.29, 0.717) is 18.8 Å². The topological polar surface area (TPSA) is 35.5 Å². The lowest BCUT2D eigenvalue weighted by Crippen LogP contribution is -2.00. The second kappa shape index (κ2) is 8.80. The third-order valence-corrected chi connectivity index (χ3v) is 3.18. The number of benzene rings is 2. The molecular weight excluding hydrogens is 276 g/mol. The average Bonchev–Trinajstić information content (AvgIpc) is 2.58. The largest absolute Gasteiger partial charge is 0.465 e. The molecular formula is C19H20O3. The van der Waals surface area contributed by atoms with Crippen LogP contribution in [0.3, 0.4) is 0 Å². The number of methoxy groups -OCH3 is 1. The van der Waals surface area contributed by atoms with Gasteiger partial charge in [-0.15, -0.1) is 0 Å². The number of esters is 1. The molecule has 0 atom stereocenters. The van der Waals surface area contributed by atoms with Gasteiger partial charge in [0.25, 0.3) is 0 Å². The lowest BCUT2D eigenvalue weighted by Gasteiger charge is -2.02. The van der Waals surface area contributed by atoms with Crippen LogP contribution in [0, 0.1) is 0 Å². The van der Waals surface area contributed by atoms with Crippen molar-refractivity contribution in [2.24, 2.45) is 0 Å². The Hall–Kier alpha value is -2.39. The van der Waals surface area contributed by atoms with Gasteiger partial charge in [-0.2, -0.15) is 0 Å². The molecule has 2 rings (SSSR count). The van der Waals surface area contributed by atoms with Crippen molar-refractivity contribution in [2.75, 3.05) is 13.7 Å². The van der Waals surface area contributed by atoms with Gasteiger partial charge in [0.15, 0.2) is 0 Å². The summed E-state index contributed by atoms with van der Waals surface area (Å²) in [5.41, 5.74) is 2.80. The van der Waals surface area contributed by atoms with E-state index in [1.54, 1.807) is 12.1 Å². The van der Waals surface area contributed by atoms with Gasteiger partial charge in [-0.05, 0) is 29.7 Å². The molecule has 0 heterocycles. The van der Waals surface area contributed by atoms with Gasteiger partial charge in [0.05, 0.1) is 25.9 Å². The third-order valence-electron chi connectivity index (χ3n) is 3.18. The first kappa shape index (κ1) is 16.0. The summed E-state index contributed by atoms with van der Waals surface area (Å²) in [5, 5.41) is 0. The molecule has 0 amide bonds. The zero-order valence-electron chi connectivity index (χ0n) is 12.7. The molecule has 2 aromatic carbocycles. The number of rotatable bonds is 7. The Bertz CT molecular complexity index is 600. The van der Waals surface area contributed by atoms with Crippen molar-refractivity contribution < 1.29 is 14.3 Å². The van der Waals surface area contributed by atoms with Crippen LogP contribution >= 0.6 is 0 Å². The van der Waals surface area contributed by atoms with Crippen molar-refractivity contribution in [3.8, 4) is 0 Å². The van der Waals surface area contributed by atoms with Crippen LogP contribution < -0.4 is 0 Å². The molecule has 0 N–H and O–H groups in total.